The number of para-hydroxylation sites is 1. The maximum Gasteiger partial charge on any atom is 0.268 e. The van der Waals surface area contributed by atoms with E-state index >= 15 is 0 Å². The number of carbonyl (C=O) groups is 1. The van der Waals surface area contributed by atoms with Crippen molar-refractivity contribution in [3.8, 4) is 11.1 Å². The Kier molecular flexibility index (Phi) is 4.82. The van der Waals surface area contributed by atoms with Gasteiger partial charge in [0.05, 0.1) is 10.4 Å². The van der Waals surface area contributed by atoms with E-state index in [1.807, 2.05) is 0 Å². The number of halogens is 1. The molecule has 2 aromatic carbocycles. The minimum Gasteiger partial charge on any atom is -0.349 e. The van der Waals surface area contributed by atoms with E-state index in [-0.39, 0.29) is 22.4 Å². The van der Waals surface area contributed by atoms with Crippen molar-refractivity contribution in [3.63, 3.8) is 0 Å². The zero-order chi connectivity index (χ0) is 22.5. The van der Waals surface area contributed by atoms with E-state index in [0.717, 1.165) is 16.8 Å². The number of aryl methyl sites for hydroxylation is 1. The van der Waals surface area contributed by atoms with Gasteiger partial charge in [-0.3, -0.25) is 4.79 Å². The summed E-state index contributed by atoms with van der Waals surface area (Å²) in [6, 6.07) is 14.8. The van der Waals surface area contributed by atoms with E-state index in [1.54, 1.807) is 43.3 Å². The molecule has 2 heterocycles. The maximum atomic E-state index is 14.4. The molecule has 0 bridgehead atoms. The second kappa shape index (κ2) is 7.56. The number of hydrogen-bond donors (Lipinski definition) is 1. The number of rotatable bonds is 5. The number of pyridine rings is 1. The second-order valence-electron chi connectivity index (χ2n) is 7.93. The van der Waals surface area contributed by atoms with Crippen LogP contribution in [0.5, 0.6) is 0 Å². The molecule has 0 aliphatic heterocycles. The van der Waals surface area contributed by atoms with Crippen LogP contribution in [0, 0.1) is 12.9 Å². The highest BCUT2D eigenvalue weighted by molar-refractivity contribution is 7.90. The number of amides is 1. The van der Waals surface area contributed by atoms with E-state index < -0.39 is 16.0 Å². The molecule has 162 valence electrons. The van der Waals surface area contributed by atoms with Crippen molar-refractivity contribution in [1.82, 2.24) is 14.3 Å². The normalized spacial score (nSPS) is 13.9. The van der Waals surface area contributed by atoms with Crippen molar-refractivity contribution < 1.29 is 17.6 Å². The third kappa shape index (κ3) is 3.46. The van der Waals surface area contributed by atoms with Gasteiger partial charge in [-0.1, -0.05) is 18.2 Å². The summed E-state index contributed by atoms with van der Waals surface area (Å²) in [7, 11) is -4.00. The van der Waals surface area contributed by atoms with E-state index in [1.165, 1.54) is 30.6 Å². The minimum absolute atomic E-state index is 0.0527. The summed E-state index contributed by atoms with van der Waals surface area (Å²) in [5, 5.41) is 3.51. The zero-order valence-electron chi connectivity index (χ0n) is 17.2. The number of fused-ring (bicyclic) bond motifs is 1. The lowest BCUT2D eigenvalue weighted by atomic mass is 10.1. The fourth-order valence-corrected chi connectivity index (χ4v) is 5.26. The molecule has 0 radical (unpaired) electrons. The first-order valence-corrected chi connectivity index (χ1v) is 11.7. The largest absolute Gasteiger partial charge is 0.349 e. The summed E-state index contributed by atoms with van der Waals surface area (Å²) in [6.45, 7) is 1.71. The Morgan fingerprint density at radius 2 is 1.88 bits per heavy atom. The molecule has 8 heteroatoms. The summed E-state index contributed by atoms with van der Waals surface area (Å²) in [4.78, 5) is 16.2. The van der Waals surface area contributed by atoms with Crippen molar-refractivity contribution in [2.75, 3.05) is 0 Å². The summed E-state index contributed by atoms with van der Waals surface area (Å²) >= 11 is 0. The molecule has 6 nitrogen and oxygen atoms in total. The van der Waals surface area contributed by atoms with E-state index in [2.05, 4.69) is 10.3 Å². The number of nitrogens with one attached hydrogen (secondary N) is 1. The van der Waals surface area contributed by atoms with Gasteiger partial charge in [0.2, 0.25) is 5.95 Å². The van der Waals surface area contributed by atoms with Gasteiger partial charge >= 0.3 is 0 Å². The lowest BCUT2D eigenvalue weighted by Crippen LogP contribution is -2.26. The third-order valence-corrected chi connectivity index (χ3v) is 7.31. The molecule has 1 aliphatic rings. The van der Waals surface area contributed by atoms with Gasteiger partial charge in [0.1, 0.15) is 0 Å². The lowest BCUT2D eigenvalue weighted by Gasteiger charge is -2.11. The molecule has 2 aromatic heterocycles. The minimum atomic E-state index is -4.00. The Balaban J connectivity index is 1.61. The number of nitrogens with zero attached hydrogens (tertiary/aromatic N) is 2. The molecule has 4 aromatic rings. The van der Waals surface area contributed by atoms with Crippen molar-refractivity contribution in [2.24, 2.45) is 0 Å². The van der Waals surface area contributed by atoms with Gasteiger partial charge in [-0.25, -0.2) is 17.4 Å². The molecular weight excluding hydrogens is 429 g/mol. The Hall–Kier alpha value is -3.52. The van der Waals surface area contributed by atoms with E-state index in [0.29, 0.717) is 27.6 Å². The zero-order valence-corrected chi connectivity index (χ0v) is 18.1. The smallest absolute Gasteiger partial charge is 0.268 e. The van der Waals surface area contributed by atoms with Crippen LogP contribution in [0.1, 0.15) is 28.8 Å². The number of carbonyl (C=O) groups excluding carboxylic acids is 1. The first kappa shape index (κ1) is 20.4. The van der Waals surface area contributed by atoms with Crippen LogP contribution < -0.4 is 5.32 Å². The molecule has 1 amide bonds. The predicted molar refractivity (Wildman–Crippen MR) is 119 cm³/mol. The van der Waals surface area contributed by atoms with Crippen LogP contribution in [0.3, 0.4) is 0 Å². The monoisotopic (exact) mass is 449 g/mol. The predicted octanol–water partition coefficient (Wildman–Crippen LogP) is 4.28. The fourth-order valence-electron chi connectivity index (χ4n) is 3.81. The highest BCUT2D eigenvalue weighted by Gasteiger charge is 2.26. The van der Waals surface area contributed by atoms with Crippen molar-refractivity contribution >= 4 is 26.8 Å². The molecule has 0 atom stereocenters. The van der Waals surface area contributed by atoms with Gasteiger partial charge in [-0.05, 0) is 61.7 Å². The Labute approximate surface area is 184 Å². The Morgan fingerprint density at radius 1 is 1.09 bits per heavy atom. The van der Waals surface area contributed by atoms with Gasteiger partial charge in [-0.15, -0.1) is 0 Å². The average molecular weight is 450 g/mol. The van der Waals surface area contributed by atoms with Crippen molar-refractivity contribution in [1.29, 1.82) is 0 Å². The first-order valence-electron chi connectivity index (χ1n) is 10.2. The van der Waals surface area contributed by atoms with Crippen LogP contribution in [0.2, 0.25) is 0 Å². The summed E-state index contributed by atoms with van der Waals surface area (Å²) in [6.07, 6.45) is 4.71. The van der Waals surface area contributed by atoms with Crippen LogP contribution in [-0.2, 0) is 10.0 Å². The van der Waals surface area contributed by atoms with Gasteiger partial charge < -0.3 is 5.32 Å². The number of hydrogen-bond acceptors (Lipinski definition) is 4. The average Bonchev–Trinajstić information content (AvgIpc) is 3.50. The van der Waals surface area contributed by atoms with Crippen LogP contribution in [-0.4, -0.2) is 29.3 Å². The second-order valence-corrected chi connectivity index (χ2v) is 9.74. The molecule has 1 N–H and O–H groups in total. The van der Waals surface area contributed by atoms with Gasteiger partial charge in [0, 0.05) is 40.5 Å². The summed E-state index contributed by atoms with van der Waals surface area (Å²) in [5.41, 5.74) is 2.11. The molecule has 0 unspecified atom stereocenters. The first-order chi connectivity index (χ1) is 15.4. The van der Waals surface area contributed by atoms with Crippen molar-refractivity contribution in [2.45, 2.75) is 30.7 Å². The molecule has 1 saturated carbocycles. The summed E-state index contributed by atoms with van der Waals surface area (Å²) < 4.78 is 42.7. The third-order valence-electron chi connectivity index (χ3n) is 5.64. The number of aromatic nitrogens is 2. The van der Waals surface area contributed by atoms with E-state index in [9.17, 15) is 17.6 Å². The molecule has 1 fully saturated rings. The van der Waals surface area contributed by atoms with E-state index in [4.69, 9.17) is 0 Å². The molecule has 32 heavy (non-hydrogen) atoms. The van der Waals surface area contributed by atoms with Gasteiger partial charge in [0.15, 0.2) is 0 Å². The molecule has 5 rings (SSSR count). The van der Waals surface area contributed by atoms with Crippen LogP contribution in [0.15, 0.2) is 71.9 Å². The van der Waals surface area contributed by atoms with Crippen LogP contribution in [0.25, 0.3) is 22.0 Å². The summed E-state index contributed by atoms with van der Waals surface area (Å²) in [5.74, 6) is -0.871. The van der Waals surface area contributed by atoms with Gasteiger partial charge in [-0.2, -0.15) is 4.39 Å². The molecule has 0 spiro atoms. The Bertz CT molecular complexity index is 1470. The molecule has 1 aliphatic carbocycles. The highest BCUT2D eigenvalue weighted by Crippen LogP contribution is 2.34. The van der Waals surface area contributed by atoms with Crippen LogP contribution in [0.4, 0.5) is 4.39 Å². The van der Waals surface area contributed by atoms with Gasteiger partial charge in [0.25, 0.3) is 15.9 Å². The number of benzene rings is 2. The standard InChI is InChI=1S/C24H20FN3O3S/c1-15-13-17(10-11-18(15)24(29)27-16-8-9-16)32(30,31)28-14-21(19-5-2-3-7-22(19)28)20-6-4-12-26-23(20)25/h2-7,10-14,16H,8-9H2,1H3,(H,27,29). The maximum absolute atomic E-state index is 14.4. The lowest BCUT2D eigenvalue weighted by molar-refractivity contribution is 0.0950. The quantitative estimate of drug-likeness (QED) is 0.461. The van der Waals surface area contributed by atoms with Crippen LogP contribution >= 0.6 is 0 Å². The molecular formula is C24H20FN3O3S. The van der Waals surface area contributed by atoms with Crippen molar-refractivity contribution in [3.05, 3.63) is 84.1 Å². The highest BCUT2D eigenvalue weighted by atomic mass is 32.2. The SMILES string of the molecule is Cc1cc(S(=O)(=O)n2cc(-c3cccnc3F)c3ccccc32)ccc1C(=O)NC1CC1. The molecule has 0 saturated heterocycles. The topological polar surface area (TPSA) is 81.1 Å². The Morgan fingerprint density at radius 3 is 2.59 bits per heavy atom. The fraction of sp³-hybridized carbons (Fsp3) is 0.167.